The summed E-state index contributed by atoms with van der Waals surface area (Å²) in [6, 6.07) is 11.5. The lowest BCUT2D eigenvalue weighted by atomic mass is 10.1. The van der Waals surface area contributed by atoms with E-state index in [4.69, 9.17) is 11.6 Å². The van der Waals surface area contributed by atoms with Crippen LogP contribution in [-0.4, -0.2) is 12.5 Å². The van der Waals surface area contributed by atoms with Crippen molar-refractivity contribution in [2.45, 2.75) is 13.5 Å². The van der Waals surface area contributed by atoms with Gasteiger partial charge < -0.3 is 10.6 Å². The van der Waals surface area contributed by atoms with Crippen LogP contribution >= 0.6 is 11.6 Å². The van der Waals surface area contributed by atoms with E-state index in [1.54, 1.807) is 6.07 Å². The lowest BCUT2D eigenvalue weighted by molar-refractivity contribution is 0.102. The highest BCUT2D eigenvalue weighted by Crippen LogP contribution is 2.17. The average molecular weight is 307 g/mol. The molecule has 0 bridgehead atoms. The molecular formula is C16H16ClFN2O. The predicted octanol–water partition coefficient (Wildman–Crippen LogP) is 3.84. The van der Waals surface area contributed by atoms with Crippen LogP contribution in [0.4, 0.5) is 10.1 Å². The summed E-state index contributed by atoms with van der Waals surface area (Å²) in [5, 5.41) is 5.96. The first-order valence-corrected chi connectivity index (χ1v) is 7.04. The van der Waals surface area contributed by atoms with Crippen molar-refractivity contribution in [3.8, 4) is 0 Å². The van der Waals surface area contributed by atoms with E-state index in [0.29, 0.717) is 5.69 Å². The molecular weight excluding hydrogens is 291 g/mol. The van der Waals surface area contributed by atoms with Crippen LogP contribution in [0.25, 0.3) is 0 Å². The second-order valence-electron chi connectivity index (χ2n) is 4.56. The van der Waals surface area contributed by atoms with E-state index in [9.17, 15) is 9.18 Å². The van der Waals surface area contributed by atoms with Crippen LogP contribution in [-0.2, 0) is 6.54 Å². The van der Waals surface area contributed by atoms with Crippen molar-refractivity contribution in [1.82, 2.24) is 5.32 Å². The van der Waals surface area contributed by atoms with Crippen LogP contribution in [0.1, 0.15) is 22.8 Å². The van der Waals surface area contributed by atoms with Crippen molar-refractivity contribution in [2.75, 3.05) is 11.9 Å². The Morgan fingerprint density at radius 1 is 1.24 bits per heavy atom. The molecule has 0 atom stereocenters. The monoisotopic (exact) mass is 306 g/mol. The molecule has 0 radical (unpaired) electrons. The van der Waals surface area contributed by atoms with E-state index in [1.807, 2.05) is 25.1 Å². The zero-order valence-corrected chi connectivity index (χ0v) is 12.4. The van der Waals surface area contributed by atoms with Crippen LogP contribution in [0.5, 0.6) is 0 Å². The molecule has 0 unspecified atom stereocenters. The van der Waals surface area contributed by atoms with Gasteiger partial charge in [0.25, 0.3) is 5.91 Å². The fourth-order valence-corrected chi connectivity index (χ4v) is 1.99. The minimum absolute atomic E-state index is 0.000752. The summed E-state index contributed by atoms with van der Waals surface area (Å²) in [6.45, 7) is 3.64. The van der Waals surface area contributed by atoms with Crippen LogP contribution in [0.15, 0.2) is 42.5 Å². The number of hydrogen-bond acceptors (Lipinski definition) is 2. The van der Waals surface area contributed by atoms with Crippen LogP contribution in [0, 0.1) is 5.82 Å². The third-order valence-corrected chi connectivity index (χ3v) is 3.25. The van der Waals surface area contributed by atoms with Crippen molar-refractivity contribution in [2.24, 2.45) is 0 Å². The first kappa shape index (κ1) is 15.5. The number of nitrogens with one attached hydrogen (secondary N) is 2. The summed E-state index contributed by atoms with van der Waals surface area (Å²) in [7, 11) is 0. The summed E-state index contributed by atoms with van der Waals surface area (Å²) >= 11 is 5.60. The smallest absolute Gasteiger partial charge is 0.255 e. The SMILES string of the molecule is CCNCc1cccc(NC(=O)c2ccc(Cl)c(F)c2)c1. The zero-order chi connectivity index (χ0) is 15.2. The molecule has 0 aromatic heterocycles. The number of rotatable bonds is 5. The Hall–Kier alpha value is -1.91. The Morgan fingerprint density at radius 2 is 2.05 bits per heavy atom. The molecule has 0 aliphatic carbocycles. The van der Waals surface area contributed by atoms with Gasteiger partial charge >= 0.3 is 0 Å². The van der Waals surface area contributed by atoms with Crippen molar-refractivity contribution < 1.29 is 9.18 Å². The predicted molar refractivity (Wildman–Crippen MR) is 83.2 cm³/mol. The van der Waals surface area contributed by atoms with E-state index >= 15 is 0 Å². The average Bonchev–Trinajstić information content (AvgIpc) is 2.48. The highest BCUT2D eigenvalue weighted by molar-refractivity contribution is 6.30. The van der Waals surface area contributed by atoms with E-state index in [-0.39, 0.29) is 16.5 Å². The van der Waals surface area contributed by atoms with Crippen LogP contribution in [0.2, 0.25) is 5.02 Å². The number of anilines is 1. The highest BCUT2D eigenvalue weighted by atomic mass is 35.5. The van der Waals surface area contributed by atoms with Crippen LogP contribution < -0.4 is 10.6 Å². The van der Waals surface area contributed by atoms with Crippen molar-refractivity contribution in [3.05, 3.63) is 64.4 Å². The lowest BCUT2D eigenvalue weighted by Crippen LogP contribution is -2.14. The number of amides is 1. The molecule has 2 rings (SSSR count). The minimum atomic E-state index is -0.606. The molecule has 0 saturated carbocycles. The molecule has 3 nitrogen and oxygen atoms in total. The van der Waals surface area contributed by atoms with E-state index in [1.165, 1.54) is 12.1 Å². The Bertz CT molecular complexity index is 646. The van der Waals surface area contributed by atoms with Gasteiger partial charge in [0.05, 0.1) is 5.02 Å². The molecule has 0 spiro atoms. The van der Waals surface area contributed by atoms with Gasteiger partial charge in [0, 0.05) is 17.8 Å². The molecule has 110 valence electrons. The van der Waals surface area contributed by atoms with Crippen molar-refractivity contribution in [3.63, 3.8) is 0 Å². The summed E-state index contributed by atoms with van der Waals surface area (Å²) in [4.78, 5) is 12.1. The maximum Gasteiger partial charge on any atom is 0.255 e. The van der Waals surface area contributed by atoms with Gasteiger partial charge in [0.2, 0.25) is 0 Å². The van der Waals surface area contributed by atoms with Gasteiger partial charge in [-0.3, -0.25) is 4.79 Å². The molecule has 21 heavy (non-hydrogen) atoms. The van der Waals surface area contributed by atoms with Crippen molar-refractivity contribution >= 4 is 23.2 Å². The number of carbonyl (C=O) groups excluding carboxylic acids is 1. The highest BCUT2D eigenvalue weighted by Gasteiger charge is 2.09. The van der Waals surface area contributed by atoms with Gasteiger partial charge in [-0.05, 0) is 42.4 Å². The molecule has 0 aliphatic rings. The number of halogens is 2. The third-order valence-electron chi connectivity index (χ3n) is 2.95. The molecule has 2 aromatic carbocycles. The molecule has 5 heteroatoms. The van der Waals surface area contributed by atoms with E-state index in [0.717, 1.165) is 24.7 Å². The maximum atomic E-state index is 13.4. The summed E-state index contributed by atoms with van der Waals surface area (Å²) < 4.78 is 13.4. The lowest BCUT2D eigenvalue weighted by Gasteiger charge is -2.08. The quantitative estimate of drug-likeness (QED) is 0.881. The molecule has 0 fully saturated rings. The second kappa shape index (κ2) is 7.20. The summed E-state index contributed by atoms with van der Waals surface area (Å²) in [6.07, 6.45) is 0. The molecule has 0 saturated heterocycles. The first-order chi connectivity index (χ1) is 10.1. The van der Waals surface area contributed by atoms with E-state index < -0.39 is 5.82 Å². The Kier molecular flexibility index (Phi) is 5.31. The zero-order valence-electron chi connectivity index (χ0n) is 11.6. The number of hydrogen-bond donors (Lipinski definition) is 2. The van der Waals surface area contributed by atoms with Gasteiger partial charge in [0.1, 0.15) is 5.82 Å². The topological polar surface area (TPSA) is 41.1 Å². The Labute approximate surface area is 128 Å². The van der Waals surface area contributed by atoms with Gasteiger partial charge in [-0.1, -0.05) is 30.7 Å². The molecule has 1 amide bonds. The third kappa shape index (κ3) is 4.28. The largest absolute Gasteiger partial charge is 0.322 e. The molecule has 0 aliphatic heterocycles. The minimum Gasteiger partial charge on any atom is -0.322 e. The van der Waals surface area contributed by atoms with Gasteiger partial charge in [-0.15, -0.1) is 0 Å². The fourth-order valence-electron chi connectivity index (χ4n) is 1.87. The second-order valence-corrected chi connectivity index (χ2v) is 4.97. The standard InChI is InChI=1S/C16H16ClFN2O/c1-2-19-10-11-4-3-5-13(8-11)20-16(21)12-6-7-14(17)15(18)9-12/h3-9,19H,2,10H2,1H3,(H,20,21). The van der Waals surface area contributed by atoms with Gasteiger partial charge in [0.15, 0.2) is 0 Å². The Morgan fingerprint density at radius 3 is 2.76 bits per heavy atom. The molecule has 2 aromatic rings. The summed E-state index contributed by atoms with van der Waals surface area (Å²) in [5.41, 5.74) is 1.97. The molecule has 2 N–H and O–H groups in total. The van der Waals surface area contributed by atoms with Crippen LogP contribution in [0.3, 0.4) is 0 Å². The van der Waals surface area contributed by atoms with Crippen molar-refractivity contribution in [1.29, 1.82) is 0 Å². The number of carbonyl (C=O) groups is 1. The fraction of sp³-hybridized carbons (Fsp3) is 0.188. The maximum absolute atomic E-state index is 13.4. The first-order valence-electron chi connectivity index (χ1n) is 6.66. The Balaban J connectivity index is 2.10. The molecule has 0 heterocycles. The number of benzene rings is 2. The summed E-state index contributed by atoms with van der Waals surface area (Å²) in [5.74, 6) is -0.976. The van der Waals surface area contributed by atoms with E-state index in [2.05, 4.69) is 10.6 Å². The normalized spacial score (nSPS) is 10.4. The van der Waals surface area contributed by atoms with Gasteiger partial charge in [-0.2, -0.15) is 0 Å². The van der Waals surface area contributed by atoms with Gasteiger partial charge in [-0.25, -0.2) is 4.39 Å².